The van der Waals surface area contributed by atoms with Gasteiger partial charge in [0.25, 0.3) is 0 Å². The van der Waals surface area contributed by atoms with Gasteiger partial charge in [0, 0.05) is 6.54 Å². The molecule has 0 spiro atoms. The molecule has 1 heterocycles. The molecule has 3 nitrogen and oxygen atoms in total. The summed E-state index contributed by atoms with van der Waals surface area (Å²) in [6, 6.07) is 9.65. The van der Waals surface area contributed by atoms with E-state index >= 15 is 0 Å². The summed E-state index contributed by atoms with van der Waals surface area (Å²) in [6.07, 6.45) is 2.37. The average molecular weight is 246 g/mol. The van der Waals surface area contributed by atoms with Gasteiger partial charge in [0.1, 0.15) is 0 Å². The number of carboxylic acid groups (broad SMARTS) is 1. The number of likely N-dealkylation sites (tertiary alicyclic amines) is 1. The van der Waals surface area contributed by atoms with Crippen LogP contribution in [0.4, 0.5) is 0 Å². The van der Waals surface area contributed by atoms with Gasteiger partial charge in [-0.15, -0.1) is 0 Å². The largest absolute Gasteiger partial charge is 0.481 e. The summed E-state index contributed by atoms with van der Waals surface area (Å²) in [6.45, 7) is 5.93. The van der Waals surface area contributed by atoms with E-state index in [2.05, 4.69) is 18.4 Å². The molecular formula is C15H20NO2. The summed E-state index contributed by atoms with van der Waals surface area (Å²) >= 11 is 0. The van der Waals surface area contributed by atoms with Crippen LogP contribution in [0.1, 0.15) is 31.7 Å². The van der Waals surface area contributed by atoms with Gasteiger partial charge in [0.2, 0.25) is 0 Å². The fourth-order valence-corrected chi connectivity index (χ4v) is 2.73. The maximum Gasteiger partial charge on any atom is 0.314 e. The van der Waals surface area contributed by atoms with Gasteiger partial charge < -0.3 is 5.11 Å². The van der Waals surface area contributed by atoms with Gasteiger partial charge in [-0.25, -0.2) is 0 Å². The predicted octanol–water partition coefficient (Wildman–Crippen LogP) is 2.68. The summed E-state index contributed by atoms with van der Waals surface area (Å²) < 4.78 is 0. The number of nitrogens with zero attached hydrogens (tertiary/aromatic N) is 1. The van der Waals surface area contributed by atoms with Crippen LogP contribution >= 0.6 is 0 Å². The Labute approximate surface area is 108 Å². The topological polar surface area (TPSA) is 40.5 Å². The second-order valence-corrected chi connectivity index (χ2v) is 4.88. The molecule has 0 atom stereocenters. The van der Waals surface area contributed by atoms with E-state index in [1.807, 2.05) is 30.3 Å². The molecule has 1 aromatic rings. The third-order valence-electron chi connectivity index (χ3n) is 3.83. The summed E-state index contributed by atoms with van der Waals surface area (Å²) in [4.78, 5) is 14.0. The molecule has 0 amide bonds. The first kappa shape index (κ1) is 13.1. The van der Waals surface area contributed by atoms with Crippen LogP contribution in [0.5, 0.6) is 0 Å². The van der Waals surface area contributed by atoms with Crippen molar-refractivity contribution in [3.8, 4) is 0 Å². The van der Waals surface area contributed by atoms with E-state index in [0.29, 0.717) is 12.8 Å². The number of piperidine rings is 1. The number of rotatable bonds is 4. The predicted molar refractivity (Wildman–Crippen MR) is 71.2 cm³/mol. The van der Waals surface area contributed by atoms with Crippen LogP contribution in [0.25, 0.3) is 0 Å². The highest BCUT2D eigenvalue weighted by Crippen LogP contribution is 2.36. The normalized spacial score (nSPS) is 19.6. The van der Waals surface area contributed by atoms with E-state index in [0.717, 1.165) is 25.1 Å². The maximum atomic E-state index is 11.7. The number of benzene rings is 1. The zero-order chi connectivity index (χ0) is 13.0. The van der Waals surface area contributed by atoms with Crippen molar-refractivity contribution in [2.75, 3.05) is 13.1 Å². The molecule has 1 saturated heterocycles. The lowest BCUT2D eigenvalue weighted by atomic mass is 9.73. The molecule has 0 aliphatic carbocycles. The van der Waals surface area contributed by atoms with Gasteiger partial charge in [-0.2, -0.15) is 0 Å². The third-order valence-corrected chi connectivity index (χ3v) is 3.83. The first-order valence-corrected chi connectivity index (χ1v) is 6.55. The van der Waals surface area contributed by atoms with Crippen molar-refractivity contribution in [1.82, 2.24) is 4.90 Å². The van der Waals surface area contributed by atoms with Crippen molar-refractivity contribution in [3.63, 3.8) is 0 Å². The Bertz CT molecular complexity index is 394. The van der Waals surface area contributed by atoms with Crippen LogP contribution in [-0.2, 0) is 10.2 Å². The molecule has 0 aromatic heterocycles. The van der Waals surface area contributed by atoms with E-state index in [9.17, 15) is 9.90 Å². The molecule has 1 aromatic carbocycles. The van der Waals surface area contributed by atoms with E-state index < -0.39 is 11.4 Å². The van der Waals surface area contributed by atoms with Crippen molar-refractivity contribution < 1.29 is 9.90 Å². The summed E-state index contributed by atoms with van der Waals surface area (Å²) in [7, 11) is 0. The lowest BCUT2D eigenvalue weighted by molar-refractivity contribution is -0.145. The molecule has 2 rings (SSSR count). The van der Waals surface area contributed by atoms with E-state index in [1.165, 1.54) is 0 Å². The van der Waals surface area contributed by atoms with E-state index in [-0.39, 0.29) is 0 Å². The Morgan fingerprint density at radius 1 is 1.33 bits per heavy atom. The van der Waals surface area contributed by atoms with Crippen LogP contribution < -0.4 is 0 Å². The quantitative estimate of drug-likeness (QED) is 0.888. The molecule has 18 heavy (non-hydrogen) atoms. The molecule has 1 fully saturated rings. The van der Waals surface area contributed by atoms with Gasteiger partial charge in [-0.05, 0) is 37.9 Å². The van der Waals surface area contributed by atoms with E-state index in [1.54, 1.807) is 0 Å². The molecule has 1 radical (unpaired) electrons. The van der Waals surface area contributed by atoms with Gasteiger partial charge >= 0.3 is 5.97 Å². The minimum absolute atomic E-state index is 0.683. The molecular weight excluding hydrogens is 226 g/mol. The smallest absolute Gasteiger partial charge is 0.314 e. The zero-order valence-corrected chi connectivity index (χ0v) is 10.8. The molecule has 1 N–H and O–H groups in total. The van der Waals surface area contributed by atoms with Gasteiger partial charge in [0.15, 0.2) is 0 Å². The number of aliphatic carboxylic acids is 1. The van der Waals surface area contributed by atoms with Crippen molar-refractivity contribution in [2.45, 2.75) is 31.6 Å². The summed E-state index contributed by atoms with van der Waals surface area (Å²) in [5, 5.41) is 9.63. The SMILES string of the molecule is CC[CH]N1CCC(C(=O)O)(c2ccccc2)CC1. The second-order valence-electron chi connectivity index (χ2n) is 4.88. The van der Waals surface area contributed by atoms with Crippen LogP contribution in [0.2, 0.25) is 0 Å². The summed E-state index contributed by atoms with van der Waals surface area (Å²) in [5.41, 5.74) is 0.243. The molecule has 0 unspecified atom stereocenters. The molecule has 1 aliphatic heterocycles. The van der Waals surface area contributed by atoms with Crippen LogP contribution in [0, 0.1) is 6.54 Å². The lowest BCUT2D eigenvalue weighted by Gasteiger charge is -2.39. The minimum Gasteiger partial charge on any atom is -0.481 e. The zero-order valence-electron chi connectivity index (χ0n) is 10.8. The highest BCUT2D eigenvalue weighted by atomic mass is 16.4. The molecule has 3 heteroatoms. The number of carbonyl (C=O) groups is 1. The first-order valence-electron chi connectivity index (χ1n) is 6.55. The second kappa shape index (κ2) is 5.53. The minimum atomic E-state index is -0.695. The van der Waals surface area contributed by atoms with Crippen molar-refractivity contribution in [2.24, 2.45) is 0 Å². The van der Waals surface area contributed by atoms with Crippen LogP contribution in [0.3, 0.4) is 0 Å². The molecule has 1 aliphatic rings. The Kier molecular flexibility index (Phi) is 4.02. The Hall–Kier alpha value is -1.35. The van der Waals surface area contributed by atoms with Gasteiger partial charge in [0.05, 0.1) is 5.41 Å². The lowest BCUT2D eigenvalue weighted by Crippen LogP contribution is -2.46. The summed E-state index contributed by atoms with van der Waals surface area (Å²) in [5.74, 6) is -0.690. The number of carboxylic acids is 1. The maximum absolute atomic E-state index is 11.7. The monoisotopic (exact) mass is 246 g/mol. The van der Waals surface area contributed by atoms with Crippen molar-refractivity contribution in [3.05, 3.63) is 42.4 Å². The molecule has 0 saturated carbocycles. The molecule has 97 valence electrons. The Morgan fingerprint density at radius 2 is 1.94 bits per heavy atom. The fourth-order valence-electron chi connectivity index (χ4n) is 2.73. The molecule has 0 bridgehead atoms. The van der Waals surface area contributed by atoms with Crippen LogP contribution in [0.15, 0.2) is 30.3 Å². The number of hydrogen-bond acceptors (Lipinski definition) is 2. The average Bonchev–Trinajstić information content (AvgIpc) is 2.41. The highest BCUT2D eigenvalue weighted by molar-refractivity contribution is 5.81. The van der Waals surface area contributed by atoms with Crippen LogP contribution in [-0.4, -0.2) is 29.1 Å². The van der Waals surface area contributed by atoms with Gasteiger partial charge in [-0.1, -0.05) is 37.3 Å². The van der Waals surface area contributed by atoms with Crippen molar-refractivity contribution in [1.29, 1.82) is 0 Å². The standard InChI is InChI=1S/C15H20NO2/c1-2-10-16-11-8-15(9-12-16,14(17)18)13-6-4-3-5-7-13/h3-7,10H,2,8-9,11-12H2,1H3,(H,17,18). The Morgan fingerprint density at radius 3 is 2.44 bits per heavy atom. The third kappa shape index (κ3) is 2.41. The van der Waals surface area contributed by atoms with Crippen molar-refractivity contribution >= 4 is 5.97 Å². The van der Waals surface area contributed by atoms with E-state index in [4.69, 9.17) is 0 Å². The first-order chi connectivity index (χ1) is 8.69. The van der Waals surface area contributed by atoms with Gasteiger partial charge in [-0.3, -0.25) is 9.69 Å². The Balaban J connectivity index is 2.19. The number of hydrogen-bond donors (Lipinski definition) is 1. The highest BCUT2D eigenvalue weighted by Gasteiger charge is 2.42. The fraction of sp³-hybridized carbons (Fsp3) is 0.467.